The van der Waals surface area contributed by atoms with Crippen molar-refractivity contribution < 1.29 is 14.3 Å². The van der Waals surface area contributed by atoms with Crippen LogP contribution >= 0.6 is 0 Å². The molecule has 0 aliphatic rings. The lowest BCUT2D eigenvalue weighted by Gasteiger charge is -2.22. The molecule has 4 nitrogen and oxygen atoms in total. The maximum absolute atomic E-state index is 12.4. The molecule has 0 saturated heterocycles. The number of methoxy groups -OCH3 is 1. The highest BCUT2D eigenvalue weighted by atomic mass is 16.5. The predicted octanol–water partition coefficient (Wildman–Crippen LogP) is 4.36. The summed E-state index contributed by atoms with van der Waals surface area (Å²) >= 11 is 0. The number of nitrogens with zero attached hydrogens (tertiary/aromatic N) is 1. The van der Waals surface area contributed by atoms with E-state index in [1.165, 1.54) is 7.11 Å². The van der Waals surface area contributed by atoms with Crippen LogP contribution in [0.15, 0.2) is 48.5 Å². The highest BCUT2D eigenvalue weighted by Gasteiger charge is 2.17. The highest BCUT2D eigenvalue weighted by Crippen LogP contribution is 2.22. The van der Waals surface area contributed by atoms with Crippen LogP contribution in [0, 0.1) is 18.8 Å². The van der Waals surface area contributed by atoms with Gasteiger partial charge in [0, 0.05) is 5.69 Å². The second kappa shape index (κ2) is 10.7. The predicted molar refractivity (Wildman–Crippen MR) is 105 cm³/mol. The minimum absolute atomic E-state index is 0.282. The van der Waals surface area contributed by atoms with Crippen LogP contribution in [-0.2, 0) is 16.1 Å². The van der Waals surface area contributed by atoms with Gasteiger partial charge in [0.1, 0.15) is 0 Å². The van der Waals surface area contributed by atoms with Crippen molar-refractivity contribution in [3.63, 3.8) is 0 Å². The van der Waals surface area contributed by atoms with E-state index in [2.05, 4.69) is 11.8 Å². The lowest BCUT2D eigenvalue weighted by molar-refractivity contribution is -0.113. The van der Waals surface area contributed by atoms with E-state index < -0.39 is 5.97 Å². The van der Waals surface area contributed by atoms with Gasteiger partial charge < -0.3 is 4.74 Å². The maximum Gasteiger partial charge on any atom is 0.337 e. The van der Waals surface area contributed by atoms with E-state index in [9.17, 15) is 9.59 Å². The molecule has 2 aromatic rings. The van der Waals surface area contributed by atoms with Crippen molar-refractivity contribution in [3.8, 4) is 11.8 Å². The molecular weight excluding hydrogens is 326 g/mol. The fraction of sp³-hybridized carbons (Fsp3) is 0.273. The molecule has 0 fully saturated rings. The lowest BCUT2D eigenvalue weighted by Crippen LogP contribution is -2.29. The van der Waals surface area contributed by atoms with Crippen LogP contribution in [0.3, 0.4) is 0 Å². The fourth-order valence-corrected chi connectivity index (χ4v) is 2.40. The van der Waals surface area contributed by atoms with Gasteiger partial charge in [-0.1, -0.05) is 50.1 Å². The molecule has 0 aromatic heterocycles. The van der Waals surface area contributed by atoms with Crippen LogP contribution in [0.2, 0.25) is 0 Å². The Hall–Kier alpha value is -3.06. The first-order valence-corrected chi connectivity index (χ1v) is 8.54. The number of esters is 1. The third-order valence-corrected chi connectivity index (χ3v) is 3.57. The summed E-state index contributed by atoms with van der Waals surface area (Å²) in [6.07, 6.45) is 0. The van der Waals surface area contributed by atoms with E-state index in [1.807, 2.05) is 51.1 Å². The van der Waals surface area contributed by atoms with E-state index in [-0.39, 0.29) is 5.91 Å². The van der Waals surface area contributed by atoms with Crippen molar-refractivity contribution in [2.45, 2.75) is 34.2 Å². The molecule has 0 aliphatic carbocycles. The van der Waals surface area contributed by atoms with Crippen molar-refractivity contribution in [1.29, 1.82) is 0 Å². The van der Waals surface area contributed by atoms with E-state index >= 15 is 0 Å². The first kappa shape index (κ1) is 21.0. The van der Waals surface area contributed by atoms with Gasteiger partial charge in [-0.2, -0.15) is 0 Å². The van der Waals surface area contributed by atoms with Gasteiger partial charge in [-0.15, -0.1) is 0 Å². The zero-order chi connectivity index (χ0) is 19.5. The number of ether oxygens (including phenoxy) is 1. The quantitative estimate of drug-likeness (QED) is 0.607. The molecule has 26 heavy (non-hydrogen) atoms. The highest BCUT2D eigenvalue weighted by molar-refractivity contribution is 6.06. The summed E-state index contributed by atoms with van der Waals surface area (Å²) in [6.45, 7) is 7.90. The molecule has 2 aromatic carbocycles. The van der Waals surface area contributed by atoms with Gasteiger partial charge >= 0.3 is 11.9 Å². The molecule has 0 radical (unpaired) electrons. The van der Waals surface area contributed by atoms with Gasteiger partial charge in [0.05, 0.1) is 19.2 Å². The number of hydrogen-bond acceptors (Lipinski definition) is 3. The smallest absolute Gasteiger partial charge is 0.337 e. The Labute approximate surface area is 155 Å². The van der Waals surface area contributed by atoms with Crippen molar-refractivity contribution in [1.82, 2.24) is 0 Å². The van der Waals surface area contributed by atoms with E-state index in [1.54, 1.807) is 30.0 Å². The van der Waals surface area contributed by atoms with Gasteiger partial charge in [0.15, 0.2) is 0 Å². The van der Waals surface area contributed by atoms with Gasteiger partial charge in [-0.3, -0.25) is 9.69 Å². The van der Waals surface area contributed by atoms with Crippen LogP contribution in [-0.4, -0.2) is 19.0 Å². The lowest BCUT2D eigenvalue weighted by atomic mass is 10.1. The van der Waals surface area contributed by atoms with Gasteiger partial charge in [-0.05, 0) is 49.1 Å². The maximum atomic E-state index is 12.4. The van der Waals surface area contributed by atoms with Crippen LogP contribution in [0.25, 0.3) is 0 Å². The zero-order valence-electron chi connectivity index (χ0n) is 16.0. The van der Waals surface area contributed by atoms with Crippen LogP contribution in [0.4, 0.5) is 5.69 Å². The first-order valence-electron chi connectivity index (χ1n) is 8.54. The molecule has 0 atom stereocenters. The second-order valence-electron chi connectivity index (χ2n) is 5.24. The van der Waals surface area contributed by atoms with Gasteiger partial charge in [0.25, 0.3) is 0 Å². The number of carbonyl (C=O) groups excluding carboxylic acids is 2. The molecule has 1 amide bonds. The van der Waals surface area contributed by atoms with Crippen molar-refractivity contribution >= 4 is 17.6 Å². The largest absolute Gasteiger partial charge is 0.465 e. The van der Waals surface area contributed by atoms with Crippen LogP contribution in [0.5, 0.6) is 0 Å². The molecule has 0 bridgehead atoms. The fourth-order valence-electron chi connectivity index (χ4n) is 2.40. The second-order valence-corrected chi connectivity index (χ2v) is 5.24. The number of anilines is 1. The molecule has 0 unspecified atom stereocenters. The summed E-state index contributed by atoms with van der Waals surface area (Å²) in [7, 11) is 1.34. The molecule has 2 rings (SSSR count). The standard InChI is InChI=1S/C20H19NO3.C2H6/c1-4-8-19(22)21(18-12-6-5-9-15(18)2)14-16-10-7-11-17(13-16)20(23)24-3;1-2/h5-7,9-13H,14H2,1-3H3;1-2H3. The number of amides is 1. The third kappa shape index (κ3) is 5.49. The Morgan fingerprint density at radius 1 is 1.08 bits per heavy atom. The van der Waals surface area contributed by atoms with E-state index in [0.717, 1.165) is 16.8 Å². The van der Waals surface area contributed by atoms with Crippen LogP contribution in [0.1, 0.15) is 42.3 Å². The Kier molecular flexibility index (Phi) is 8.66. The Morgan fingerprint density at radius 2 is 1.77 bits per heavy atom. The number of rotatable bonds is 4. The summed E-state index contributed by atoms with van der Waals surface area (Å²) in [4.78, 5) is 25.7. The van der Waals surface area contributed by atoms with E-state index in [4.69, 9.17) is 4.74 Å². The average Bonchev–Trinajstić information content (AvgIpc) is 2.68. The molecule has 0 N–H and O–H groups in total. The van der Waals surface area contributed by atoms with Crippen molar-refractivity contribution in [3.05, 3.63) is 65.2 Å². The summed E-state index contributed by atoms with van der Waals surface area (Å²) in [5.41, 5.74) is 3.06. The molecule has 0 aliphatic heterocycles. The summed E-state index contributed by atoms with van der Waals surface area (Å²) in [6, 6.07) is 14.7. The minimum atomic E-state index is -0.404. The molecular formula is C22H25NO3. The zero-order valence-corrected chi connectivity index (χ0v) is 16.0. The summed E-state index contributed by atoms with van der Waals surface area (Å²) in [5.74, 6) is 4.55. The first-order chi connectivity index (χ1) is 12.6. The molecule has 0 saturated carbocycles. The Balaban J connectivity index is 0.00000163. The normalized spacial score (nSPS) is 9.12. The van der Waals surface area contributed by atoms with Crippen molar-refractivity contribution in [2.24, 2.45) is 0 Å². The monoisotopic (exact) mass is 351 g/mol. The SMILES string of the molecule is CC.CC#CC(=O)N(Cc1cccc(C(=O)OC)c1)c1ccccc1C. The van der Waals surface area contributed by atoms with E-state index in [0.29, 0.717) is 12.1 Å². The number of hydrogen-bond donors (Lipinski definition) is 0. The summed E-state index contributed by atoms with van der Waals surface area (Å²) < 4.78 is 4.74. The Bertz CT molecular complexity index is 815. The number of aryl methyl sites for hydroxylation is 1. The molecule has 0 heterocycles. The summed E-state index contributed by atoms with van der Waals surface area (Å²) in [5, 5.41) is 0. The third-order valence-electron chi connectivity index (χ3n) is 3.57. The van der Waals surface area contributed by atoms with Crippen LogP contribution < -0.4 is 4.90 Å². The number of carbonyl (C=O) groups is 2. The molecule has 0 spiro atoms. The number of para-hydroxylation sites is 1. The molecule has 136 valence electrons. The molecule has 4 heteroatoms. The van der Waals surface area contributed by atoms with Gasteiger partial charge in [0.2, 0.25) is 0 Å². The number of benzene rings is 2. The Morgan fingerprint density at radius 3 is 2.38 bits per heavy atom. The topological polar surface area (TPSA) is 46.6 Å². The minimum Gasteiger partial charge on any atom is -0.465 e. The van der Waals surface area contributed by atoms with Crippen molar-refractivity contribution in [2.75, 3.05) is 12.0 Å². The average molecular weight is 351 g/mol. The van der Waals surface area contributed by atoms with Gasteiger partial charge in [-0.25, -0.2) is 4.79 Å².